The van der Waals surface area contributed by atoms with Crippen LogP contribution in [0.1, 0.15) is 37.6 Å². The lowest BCUT2D eigenvalue weighted by Gasteiger charge is -2.37. The summed E-state index contributed by atoms with van der Waals surface area (Å²) in [4.78, 5) is 38.1. The van der Waals surface area contributed by atoms with Crippen LogP contribution in [0.15, 0.2) is 25.0 Å². The van der Waals surface area contributed by atoms with Gasteiger partial charge in [0.25, 0.3) is 5.91 Å². The van der Waals surface area contributed by atoms with Crippen molar-refractivity contribution in [3.05, 3.63) is 30.6 Å². The van der Waals surface area contributed by atoms with E-state index in [0.717, 1.165) is 6.42 Å². The van der Waals surface area contributed by atoms with Crippen LogP contribution in [0.3, 0.4) is 0 Å². The Balaban J connectivity index is 1.72. The van der Waals surface area contributed by atoms with Crippen LogP contribution >= 0.6 is 0 Å². The Labute approximate surface area is 164 Å². The van der Waals surface area contributed by atoms with Crippen molar-refractivity contribution in [2.45, 2.75) is 33.2 Å². The molecule has 2 amide bonds. The molecule has 3 rings (SSSR count). The molecule has 0 bridgehead atoms. The number of hydrogen-bond donors (Lipinski definition) is 3. The van der Waals surface area contributed by atoms with Crippen molar-refractivity contribution >= 4 is 28.8 Å². The summed E-state index contributed by atoms with van der Waals surface area (Å²) in [5, 5.41) is 6.34. The maximum atomic E-state index is 12.4. The van der Waals surface area contributed by atoms with E-state index < -0.39 is 0 Å². The number of amides is 2. The van der Waals surface area contributed by atoms with Gasteiger partial charge in [0.1, 0.15) is 11.3 Å². The summed E-state index contributed by atoms with van der Waals surface area (Å²) < 4.78 is 0. The van der Waals surface area contributed by atoms with Crippen molar-refractivity contribution in [3.63, 3.8) is 0 Å². The third-order valence-corrected chi connectivity index (χ3v) is 5.02. The molecule has 8 heteroatoms. The van der Waals surface area contributed by atoms with Gasteiger partial charge < -0.3 is 20.5 Å². The molecule has 3 heterocycles. The predicted molar refractivity (Wildman–Crippen MR) is 109 cm³/mol. The Morgan fingerprint density at radius 3 is 2.93 bits per heavy atom. The molecule has 2 aromatic rings. The van der Waals surface area contributed by atoms with Crippen LogP contribution in [0, 0.1) is 11.8 Å². The van der Waals surface area contributed by atoms with Gasteiger partial charge in [-0.05, 0) is 24.3 Å². The zero-order valence-corrected chi connectivity index (χ0v) is 16.7. The molecule has 2 unspecified atom stereocenters. The summed E-state index contributed by atoms with van der Waals surface area (Å²) in [5.41, 5.74) is 1.63. The third kappa shape index (κ3) is 4.32. The van der Waals surface area contributed by atoms with E-state index in [2.05, 4.69) is 39.1 Å². The molecule has 0 radical (unpaired) electrons. The summed E-state index contributed by atoms with van der Waals surface area (Å²) in [6.45, 7) is 11.7. The van der Waals surface area contributed by atoms with Crippen LogP contribution in [0.5, 0.6) is 0 Å². The van der Waals surface area contributed by atoms with Crippen molar-refractivity contribution < 1.29 is 9.59 Å². The molecule has 1 aliphatic heterocycles. The number of fused-ring (bicyclic) bond motifs is 1. The van der Waals surface area contributed by atoms with Gasteiger partial charge in [0.05, 0.1) is 11.8 Å². The first-order valence-corrected chi connectivity index (χ1v) is 9.69. The minimum Gasteiger partial charge on any atom is -0.366 e. The van der Waals surface area contributed by atoms with E-state index in [1.54, 1.807) is 12.4 Å². The number of hydrogen-bond acceptors (Lipinski definition) is 5. The van der Waals surface area contributed by atoms with E-state index in [1.165, 1.54) is 6.08 Å². The Morgan fingerprint density at radius 2 is 2.25 bits per heavy atom. The van der Waals surface area contributed by atoms with Gasteiger partial charge in [-0.25, -0.2) is 9.97 Å². The standard InChI is InChI=1S/C20H28N6O2/c1-5-17(27)26-7-6-15(13(4)11-26)24-16-10-22-19-18(25-16)14(9-21-19)20(28)23-8-12(2)3/h5,9-10,12-13,15H,1,6-8,11H2,2-4H3,(H,21,22)(H,23,28)(H,24,25). The van der Waals surface area contributed by atoms with Gasteiger partial charge in [-0.15, -0.1) is 0 Å². The second-order valence-corrected chi connectivity index (χ2v) is 7.76. The summed E-state index contributed by atoms with van der Waals surface area (Å²) in [5.74, 6) is 1.07. The second-order valence-electron chi connectivity index (χ2n) is 7.76. The average molecular weight is 384 g/mol. The van der Waals surface area contributed by atoms with E-state index in [0.29, 0.717) is 48.1 Å². The molecule has 2 aromatic heterocycles. The zero-order valence-electron chi connectivity index (χ0n) is 16.7. The van der Waals surface area contributed by atoms with Crippen LogP contribution in [-0.4, -0.2) is 57.3 Å². The predicted octanol–water partition coefficient (Wildman–Crippen LogP) is 2.18. The van der Waals surface area contributed by atoms with Crippen molar-refractivity contribution in [2.24, 2.45) is 11.8 Å². The molecule has 0 spiro atoms. The van der Waals surface area contributed by atoms with E-state index in [4.69, 9.17) is 0 Å². The lowest BCUT2D eigenvalue weighted by Crippen LogP contribution is -2.47. The molecule has 1 fully saturated rings. The number of carbonyl (C=O) groups is 2. The van der Waals surface area contributed by atoms with Gasteiger partial charge in [0.15, 0.2) is 5.65 Å². The first-order valence-electron chi connectivity index (χ1n) is 9.69. The summed E-state index contributed by atoms with van der Waals surface area (Å²) in [6.07, 6.45) is 5.49. The van der Waals surface area contributed by atoms with Crippen LogP contribution in [-0.2, 0) is 4.79 Å². The van der Waals surface area contributed by atoms with Gasteiger partial charge in [-0.3, -0.25) is 9.59 Å². The number of rotatable bonds is 6. The fourth-order valence-electron chi connectivity index (χ4n) is 3.41. The number of nitrogens with zero attached hydrogens (tertiary/aromatic N) is 3. The van der Waals surface area contributed by atoms with E-state index in [-0.39, 0.29) is 23.8 Å². The summed E-state index contributed by atoms with van der Waals surface area (Å²) >= 11 is 0. The molecule has 0 saturated carbocycles. The largest absolute Gasteiger partial charge is 0.366 e. The van der Waals surface area contributed by atoms with Gasteiger partial charge in [-0.1, -0.05) is 27.4 Å². The SMILES string of the molecule is C=CC(=O)N1CCC(Nc2cnc3[nH]cc(C(=O)NCC(C)C)c3n2)C(C)C1. The van der Waals surface area contributed by atoms with Crippen LogP contribution in [0.4, 0.5) is 5.82 Å². The lowest BCUT2D eigenvalue weighted by molar-refractivity contribution is -0.127. The van der Waals surface area contributed by atoms with E-state index >= 15 is 0 Å². The normalized spacial score (nSPS) is 19.6. The summed E-state index contributed by atoms with van der Waals surface area (Å²) in [6, 6.07) is 0.178. The first-order chi connectivity index (χ1) is 13.4. The molecule has 150 valence electrons. The van der Waals surface area contributed by atoms with Crippen molar-refractivity contribution in [1.82, 2.24) is 25.2 Å². The van der Waals surface area contributed by atoms with Crippen LogP contribution in [0.25, 0.3) is 11.2 Å². The molecule has 2 atom stereocenters. The maximum Gasteiger partial charge on any atom is 0.255 e. The van der Waals surface area contributed by atoms with Gasteiger partial charge >= 0.3 is 0 Å². The lowest BCUT2D eigenvalue weighted by atomic mass is 9.94. The highest BCUT2D eigenvalue weighted by Gasteiger charge is 2.28. The number of nitrogens with one attached hydrogen (secondary N) is 3. The van der Waals surface area contributed by atoms with Gasteiger partial charge in [0, 0.05) is 31.9 Å². The minimum atomic E-state index is -0.156. The van der Waals surface area contributed by atoms with Crippen LogP contribution in [0.2, 0.25) is 0 Å². The molecule has 28 heavy (non-hydrogen) atoms. The maximum absolute atomic E-state index is 12.4. The van der Waals surface area contributed by atoms with Crippen molar-refractivity contribution in [2.75, 3.05) is 25.0 Å². The molecular formula is C20H28N6O2. The second kappa shape index (κ2) is 8.41. The number of piperidine rings is 1. The highest BCUT2D eigenvalue weighted by Crippen LogP contribution is 2.22. The van der Waals surface area contributed by atoms with Crippen molar-refractivity contribution in [1.29, 1.82) is 0 Å². The number of aromatic amines is 1. The molecule has 1 saturated heterocycles. The van der Waals surface area contributed by atoms with Crippen LogP contribution < -0.4 is 10.6 Å². The molecule has 1 aliphatic rings. The zero-order chi connectivity index (χ0) is 20.3. The van der Waals surface area contributed by atoms with Gasteiger partial charge in [-0.2, -0.15) is 0 Å². The Hall–Kier alpha value is -2.90. The molecule has 0 aromatic carbocycles. The number of carbonyl (C=O) groups excluding carboxylic acids is 2. The Bertz CT molecular complexity index is 875. The summed E-state index contributed by atoms with van der Waals surface area (Å²) in [7, 11) is 0. The number of likely N-dealkylation sites (tertiary alicyclic amines) is 1. The smallest absolute Gasteiger partial charge is 0.255 e. The quantitative estimate of drug-likeness (QED) is 0.663. The number of aromatic nitrogens is 3. The highest BCUT2D eigenvalue weighted by molar-refractivity contribution is 6.04. The average Bonchev–Trinajstić information content (AvgIpc) is 3.10. The fraction of sp³-hybridized carbons (Fsp3) is 0.500. The Kier molecular flexibility index (Phi) is 5.96. The molecule has 3 N–H and O–H groups in total. The molecular weight excluding hydrogens is 356 g/mol. The van der Waals surface area contributed by atoms with E-state index in [9.17, 15) is 9.59 Å². The van der Waals surface area contributed by atoms with E-state index in [1.807, 2.05) is 18.7 Å². The topological polar surface area (TPSA) is 103 Å². The third-order valence-electron chi connectivity index (χ3n) is 5.02. The van der Waals surface area contributed by atoms with Crippen molar-refractivity contribution in [3.8, 4) is 0 Å². The fourth-order valence-corrected chi connectivity index (χ4v) is 3.41. The number of anilines is 1. The first kappa shape index (κ1) is 19.9. The highest BCUT2D eigenvalue weighted by atomic mass is 16.2. The Morgan fingerprint density at radius 1 is 1.46 bits per heavy atom. The minimum absolute atomic E-state index is 0.0316. The van der Waals surface area contributed by atoms with Gasteiger partial charge in [0.2, 0.25) is 5.91 Å². The molecule has 8 nitrogen and oxygen atoms in total. The number of H-pyrrole nitrogens is 1. The monoisotopic (exact) mass is 384 g/mol. The molecule has 0 aliphatic carbocycles.